The molecule has 0 aliphatic carbocycles. The molecule has 0 aliphatic heterocycles. The predicted octanol–water partition coefficient (Wildman–Crippen LogP) is -0.587. The van der Waals surface area contributed by atoms with Gasteiger partial charge in [0.15, 0.2) is 0 Å². The van der Waals surface area contributed by atoms with Crippen molar-refractivity contribution in [2.75, 3.05) is 19.7 Å². The Kier molecular flexibility index (Phi) is 5.86. The van der Waals surface area contributed by atoms with Crippen molar-refractivity contribution in [3.8, 4) is 0 Å². The highest BCUT2D eigenvalue weighted by Gasteiger charge is 1.97. The second-order valence-electron chi connectivity index (χ2n) is 1.94. The molecule has 0 fully saturated rings. The van der Waals surface area contributed by atoms with Crippen LogP contribution in [0.5, 0.6) is 0 Å². The molecule has 0 aromatic heterocycles. The fraction of sp³-hybridized carbons (Fsp3) is 1.00. The molecule has 9 heavy (non-hydrogen) atoms. The van der Waals surface area contributed by atoms with Gasteiger partial charge in [-0.15, -0.1) is 0 Å². The monoisotopic (exact) mass is 134 g/mol. The minimum atomic E-state index is 0.165. The summed E-state index contributed by atoms with van der Waals surface area (Å²) in [6.07, 6.45) is 0. The fourth-order valence-electron chi connectivity index (χ4n) is 0.500. The summed E-state index contributed by atoms with van der Waals surface area (Å²) in [4.78, 5) is 3.90. The van der Waals surface area contributed by atoms with E-state index in [0.717, 1.165) is 6.54 Å². The summed E-state index contributed by atoms with van der Waals surface area (Å²) in [5.74, 6) is 0. The van der Waals surface area contributed by atoms with Crippen LogP contribution in [0.3, 0.4) is 0 Å². The molecular formula is C5H14N2O2. The van der Waals surface area contributed by atoms with Gasteiger partial charge in [0.1, 0.15) is 0 Å². The van der Waals surface area contributed by atoms with E-state index in [1.165, 1.54) is 0 Å². The Balaban J connectivity index is 2.95. The molecule has 0 amide bonds. The minimum Gasteiger partial charge on any atom is -0.329 e. The van der Waals surface area contributed by atoms with E-state index in [4.69, 9.17) is 11.0 Å². The standard InChI is InChI=1S/C5H14N2O2/c1-5(4-9-8)7-3-2-6/h5,7-8H,2-4,6H2,1H3. The molecule has 0 heterocycles. The first kappa shape index (κ1) is 8.84. The van der Waals surface area contributed by atoms with Crippen LogP contribution in [0.15, 0.2) is 0 Å². The third kappa shape index (κ3) is 5.72. The highest BCUT2D eigenvalue weighted by molar-refractivity contribution is 4.57. The van der Waals surface area contributed by atoms with Crippen molar-refractivity contribution in [2.45, 2.75) is 13.0 Å². The molecule has 0 rings (SSSR count). The van der Waals surface area contributed by atoms with Crippen LogP contribution in [0.4, 0.5) is 0 Å². The van der Waals surface area contributed by atoms with E-state index >= 15 is 0 Å². The van der Waals surface area contributed by atoms with Gasteiger partial charge in [-0.05, 0) is 6.92 Å². The van der Waals surface area contributed by atoms with Crippen molar-refractivity contribution >= 4 is 0 Å². The highest BCUT2D eigenvalue weighted by Crippen LogP contribution is 1.78. The van der Waals surface area contributed by atoms with Crippen LogP contribution in [-0.4, -0.2) is 31.0 Å². The van der Waals surface area contributed by atoms with Gasteiger partial charge in [0.2, 0.25) is 0 Å². The average molecular weight is 134 g/mol. The number of nitrogens with one attached hydrogen (secondary N) is 1. The SMILES string of the molecule is CC(COO)NCCN. The Morgan fingerprint density at radius 1 is 1.78 bits per heavy atom. The Morgan fingerprint density at radius 3 is 2.89 bits per heavy atom. The van der Waals surface area contributed by atoms with Crippen molar-refractivity contribution in [3.63, 3.8) is 0 Å². The maximum Gasteiger partial charge on any atom is 0.0970 e. The molecular weight excluding hydrogens is 120 g/mol. The van der Waals surface area contributed by atoms with Crippen molar-refractivity contribution in [2.24, 2.45) is 5.73 Å². The molecule has 1 unspecified atom stereocenters. The molecule has 4 nitrogen and oxygen atoms in total. The lowest BCUT2D eigenvalue weighted by Crippen LogP contribution is -2.34. The molecule has 1 atom stereocenters. The summed E-state index contributed by atoms with van der Waals surface area (Å²) >= 11 is 0. The Morgan fingerprint density at radius 2 is 2.44 bits per heavy atom. The van der Waals surface area contributed by atoms with Gasteiger partial charge in [-0.3, -0.25) is 5.26 Å². The summed E-state index contributed by atoms with van der Waals surface area (Å²) in [5, 5.41) is 11.0. The molecule has 0 aromatic rings. The quantitative estimate of drug-likeness (QED) is 0.347. The van der Waals surface area contributed by atoms with Gasteiger partial charge >= 0.3 is 0 Å². The van der Waals surface area contributed by atoms with E-state index in [2.05, 4.69) is 10.2 Å². The first-order valence-electron chi connectivity index (χ1n) is 3.01. The lowest BCUT2D eigenvalue weighted by atomic mass is 10.3. The van der Waals surface area contributed by atoms with Gasteiger partial charge in [-0.25, -0.2) is 4.89 Å². The van der Waals surface area contributed by atoms with E-state index in [0.29, 0.717) is 13.2 Å². The van der Waals surface area contributed by atoms with E-state index in [1.54, 1.807) is 0 Å². The topological polar surface area (TPSA) is 67.5 Å². The van der Waals surface area contributed by atoms with E-state index in [1.807, 2.05) is 6.92 Å². The molecule has 56 valence electrons. The molecule has 0 spiro atoms. The molecule has 0 aliphatic rings. The second-order valence-corrected chi connectivity index (χ2v) is 1.94. The van der Waals surface area contributed by atoms with Gasteiger partial charge in [-0.1, -0.05) is 0 Å². The summed E-state index contributed by atoms with van der Waals surface area (Å²) in [6.45, 7) is 3.58. The van der Waals surface area contributed by atoms with Gasteiger partial charge < -0.3 is 11.1 Å². The molecule has 0 saturated heterocycles. The third-order valence-corrected chi connectivity index (χ3v) is 0.962. The first-order valence-corrected chi connectivity index (χ1v) is 3.01. The normalized spacial score (nSPS) is 13.7. The maximum absolute atomic E-state index is 7.96. The molecule has 0 bridgehead atoms. The summed E-state index contributed by atoms with van der Waals surface area (Å²) in [6, 6.07) is 0.165. The summed E-state index contributed by atoms with van der Waals surface area (Å²) in [7, 11) is 0. The zero-order valence-electron chi connectivity index (χ0n) is 5.63. The fourth-order valence-corrected chi connectivity index (χ4v) is 0.500. The van der Waals surface area contributed by atoms with Crippen LogP contribution >= 0.6 is 0 Å². The van der Waals surface area contributed by atoms with Crippen LogP contribution in [0.2, 0.25) is 0 Å². The first-order chi connectivity index (χ1) is 4.31. The predicted molar refractivity (Wildman–Crippen MR) is 35.1 cm³/mol. The van der Waals surface area contributed by atoms with Gasteiger partial charge in [0, 0.05) is 19.1 Å². The molecule has 0 saturated carbocycles. The number of hydrogen-bond acceptors (Lipinski definition) is 4. The van der Waals surface area contributed by atoms with Crippen molar-refractivity contribution < 1.29 is 10.1 Å². The van der Waals surface area contributed by atoms with Gasteiger partial charge in [-0.2, -0.15) is 0 Å². The van der Waals surface area contributed by atoms with Gasteiger partial charge in [0.05, 0.1) is 6.61 Å². The minimum absolute atomic E-state index is 0.165. The number of hydrogen-bond donors (Lipinski definition) is 3. The molecule has 4 N–H and O–H groups in total. The molecule has 0 radical (unpaired) electrons. The van der Waals surface area contributed by atoms with Crippen LogP contribution in [-0.2, 0) is 4.89 Å². The largest absolute Gasteiger partial charge is 0.329 e. The van der Waals surface area contributed by atoms with Crippen molar-refractivity contribution in [1.29, 1.82) is 0 Å². The Labute approximate surface area is 54.9 Å². The smallest absolute Gasteiger partial charge is 0.0970 e. The van der Waals surface area contributed by atoms with E-state index in [9.17, 15) is 0 Å². The van der Waals surface area contributed by atoms with Crippen molar-refractivity contribution in [3.05, 3.63) is 0 Å². The highest BCUT2D eigenvalue weighted by atomic mass is 17.1. The lowest BCUT2D eigenvalue weighted by molar-refractivity contribution is -0.245. The summed E-state index contributed by atoms with van der Waals surface area (Å²) < 4.78 is 0. The Bertz CT molecular complexity index is 60.9. The molecule has 0 aromatic carbocycles. The van der Waals surface area contributed by atoms with Gasteiger partial charge in [0.25, 0.3) is 0 Å². The maximum atomic E-state index is 7.96. The van der Waals surface area contributed by atoms with Crippen LogP contribution in [0.1, 0.15) is 6.92 Å². The third-order valence-electron chi connectivity index (χ3n) is 0.962. The second kappa shape index (κ2) is 5.97. The number of rotatable bonds is 5. The Hall–Kier alpha value is -0.160. The van der Waals surface area contributed by atoms with Crippen LogP contribution in [0, 0.1) is 0 Å². The van der Waals surface area contributed by atoms with Crippen LogP contribution in [0.25, 0.3) is 0 Å². The molecule has 4 heteroatoms. The van der Waals surface area contributed by atoms with E-state index in [-0.39, 0.29) is 6.04 Å². The number of nitrogens with two attached hydrogens (primary N) is 1. The zero-order chi connectivity index (χ0) is 7.11. The van der Waals surface area contributed by atoms with Crippen LogP contribution < -0.4 is 11.1 Å². The lowest BCUT2D eigenvalue weighted by Gasteiger charge is -2.09. The van der Waals surface area contributed by atoms with Crippen molar-refractivity contribution in [1.82, 2.24) is 5.32 Å². The average Bonchev–Trinajstić information content (AvgIpc) is 1.85. The van der Waals surface area contributed by atoms with E-state index < -0.39 is 0 Å². The zero-order valence-corrected chi connectivity index (χ0v) is 5.63. The summed E-state index contributed by atoms with van der Waals surface area (Å²) in [5.41, 5.74) is 5.21.